The predicted molar refractivity (Wildman–Crippen MR) is 109 cm³/mol. The number of rotatable bonds is 5. The van der Waals surface area contributed by atoms with Crippen LogP contribution in [-0.2, 0) is 13.0 Å². The Balaban J connectivity index is 0.00000264. The number of guanidine groups is 1. The van der Waals surface area contributed by atoms with Crippen LogP contribution in [0.25, 0.3) is 0 Å². The van der Waals surface area contributed by atoms with Gasteiger partial charge in [-0.15, -0.1) is 24.0 Å². The van der Waals surface area contributed by atoms with Crippen LogP contribution in [0, 0.1) is 5.92 Å². The molecule has 1 fully saturated rings. The smallest absolute Gasteiger partial charge is 0.194 e. The van der Waals surface area contributed by atoms with Crippen molar-refractivity contribution in [3.05, 3.63) is 17.5 Å². The molecule has 1 unspecified atom stereocenters. The molecular formula is C16H29IN4OS. The summed E-state index contributed by atoms with van der Waals surface area (Å²) < 4.78 is 5.32. The number of aromatic nitrogens is 1. The molecule has 1 atom stereocenters. The van der Waals surface area contributed by atoms with Gasteiger partial charge in [-0.3, -0.25) is 0 Å². The molecule has 7 heteroatoms. The Bertz CT molecular complexity index is 492. The topological polar surface area (TPSA) is 53.7 Å². The Morgan fingerprint density at radius 2 is 2.30 bits per heavy atom. The third kappa shape index (κ3) is 6.17. The molecule has 0 bridgehead atoms. The molecule has 0 spiro atoms. The molecule has 1 aliphatic rings. The fraction of sp³-hybridized carbons (Fsp3) is 0.750. The zero-order valence-corrected chi connectivity index (χ0v) is 17.7. The van der Waals surface area contributed by atoms with Crippen molar-refractivity contribution in [1.82, 2.24) is 15.4 Å². The van der Waals surface area contributed by atoms with E-state index in [9.17, 15) is 0 Å². The van der Waals surface area contributed by atoms with Gasteiger partial charge in [-0.1, -0.05) is 25.9 Å². The molecule has 0 radical (unpaired) electrons. The highest BCUT2D eigenvalue weighted by Gasteiger charge is 2.24. The number of hydrogen-bond donors (Lipinski definition) is 1. The molecule has 0 amide bonds. The Morgan fingerprint density at radius 3 is 2.91 bits per heavy atom. The number of halogens is 1. The lowest BCUT2D eigenvalue weighted by Gasteiger charge is -2.36. The van der Waals surface area contributed by atoms with Gasteiger partial charge in [0.15, 0.2) is 11.7 Å². The molecule has 2 heterocycles. The van der Waals surface area contributed by atoms with Crippen molar-refractivity contribution in [3.8, 4) is 0 Å². The lowest BCUT2D eigenvalue weighted by atomic mass is 10.1. The Kier molecular flexibility index (Phi) is 9.34. The second kappa shape index (κ2) is 10.4. The lowest BCUT2D eigenvalue weighted by molar-refractivity contribution is 0.369. The monoisotopic (exact) mass is 452 g/mol. The first kappa shape index (κ1) is 20.6. The van der Waals surface area contributed by atoms with Gasteiger partial charge >= 0.3 is 0 Å². The lowest BCUT2D eigenvalue weighted by Crippen LogP contribution is -2.49. The van der Waals surface area contributed by atoms with Crippen molar-refractivity contribution < 1.29 is 4.52 Å². The average molecular weight is 452 g/mol. The van der Waals surface area contributed by atoms with E-state index in [4.69, 9.17) is 9.52 Å². The van der Waals surface area contributed by atoms with E-state index < -0.39 is 0 Å². The summed E-state index contributed by atoms with van der Waals surface area (Å²) in [6.07, 6.45) is 0.896. The molecule has 1 N–H and O–H groups in total. The van der Waals surface area contributed by atoms with Crippen LogP contribution in [0.2, 0.25) is 0 Å². The molecule has 0 aromatic carbocycles. The SMILES string of the molecule is CCNC(=NCc1cc(CC)no1)N1CCSC(C(C)C)C1.I. The van der Waals surface area contributed by atoms with Gasteiger partial charge in [0.05, 0.1) is 5.69 Å². The third-order valence-corrected chi connectivity index (χ3v) is 5.37. The van der Waals surface area contributed by atoms with Crippen LogP contribution in [-0.4, -0.2) is 46.7 Å². The molecule has 0 aliphatic carbocycles. The quantitative estimate of drug-likeness (QED) is 0.422. The number of nitrogens with zero attached hydrogens (tertiary/aromatic N) is 3. The van der Waals surface area contributed by atoms with Crippen molar-refractivity contribution in [2.24, 2.45) is 10.9 Å². The van der Waals surface area contributed by atoms with E-state index in [1.54, 1.807) is 0 Å². The number of aliphatic imine (C=N–C) groups is 1. The molecule has 2 rings (SSSR count). The van der Waals surface area contributed by atoms with Crippen molar-refractivity contribution in [1.29, 1.82) is 0 Å². The summed E-state index contributed by atoms with van der Waals surface area (Å²) in [5, 5.41) is 8.11. The molecule has 1 aromatic heterocycles. The summed E-state index contributed by atoms with van der Waals surface area (Å²) in [7, 11) is 0. The van der Waals surface area contributed by atoms with Crippen LogP contribution in [0.1, 0.15) is 39.1 Å². The van der Waals surface area contributed by atoms with E-state index in [0.29, 0.717) is 17.7 Å². The van der Waals surface area contributed by atoms with Crippen LogP contribution in [0.3, 0.4) is 0 Å². The summed E-state index contributed by atoms with van der Waals surface area (Å²) in [5.41, 5.74) is 0.990. The van der Waals surface area contributed by atoms with Crippen LogP contribution in [0.4, 0.5) is 0 Å². The maximum atomic E-state index is 5.32. The third-order valence-electron chi connectivity index (χ3n) is 3.83. The van der Waals surface area contributed by atoms with E-state index in [1.165, 1.54) is 0 Å². The van der Waals surface area contributed by atoms with Crippen molar-refractivity contribution in [2.45, 2.75) is 45.9 Å². The Morgan fingerprint density at radius 1 is 1.52 bits per heavy atom. The number of aryl methyl sites for hydroxylation is 1. The second-order valence-electron chi connectivity index (χ2n) is 5.91. The highest BCUT2D eigenvalue weighted by Crippen LogP contribution is 2.24. The van der Waals surface area contributed by atoms with Gasteiger partial charge in [-0.2, -0.15) is 11.8 Å². The van der Waals surface area contributed by atoms with Crippen LogP contribution in [0.5, 0.6) is 0 Å². The average Bonchev–Trinajstić information content (AvgIpc) is 2.99. The summed E-state index contributed by atoms with van der Waals surface area (Å²) in [5.74, 6) is 3.68. The molecule has 23 heavy (non-hydrogen) atoms. The fourth-order valence-corrected chi connectivity index (χ4v) is 3.75. The first-order chi connectivity index (χ1) is 10.6. The molecule has 132 valence electrons. The van der Waals surface area contributed by atoms with Crippen molar-refractivity contribution >= 4 is 41.7 Å². The first-order valence-electron chi connectivity index (χ1n) is 8.23. The molecule has 0 saturated carbocycles. The standard InChI is InChI=1S/C16H28N4OS.HI/c1-5-13-9-14(21-19-13)10-18-16(17-6-2)20-7-8-22-15(11-20)12(3)4;/h9,12,15H,5-8,10-11H2,1-4H3,(H,17,18);1H. The maximum absolute atomic E-state index is 5.32. The minimum Gasteiger partial charge on any atom is -0.359 e. The summed E-state index contributed by atoms with van der Waals surface area (Å²) >= 11 is 2.08. The summed E-state index contributed by atoms with van der Waals surface area (Å²) in [4.78, 5) is 7.11. The van der Waals surface area contributed by atoms with E-state index >= 15 is 0 Å². The van der Waals surface area contributed by atoms with Crippen LogP contribution < -0.4 is 5.32 Å². The van der Waals surface area contributed by atoms with Crippen LogP contribution >= 0.6 is 35.7 Å². The minimum absolute atomic E-state index is 0. The molecule has 1 aliphatic heterocycles. The van der Waals surface area contributed by atoms with Gasteiger partial charge in [0.25, 0.3) is 0 Å². The number of hydrogen-bond acceptors (Lipinski definition) is 4. The van der Waals surface area contributed by atoms with Gasteiger partial charge in [0, 0.05) is 36.7 Å². The van der Waals surface area contributed by atoms with Crippen molar-refractivity contribution in [2.75, 3.05) is 25.4 Å². The fourth-order valence-electron chi connectivity index (χ4n) is 2.45. The highest BCUT2D eigenvalue weighted by molar-refractivity contribution is 14.0. The van der Waals surface area contributed by atoms with E-state index in [-0.39, 0.29) is 24.0 Å². The Labute approximate surface area is 161 Å². The predicted octanol–water partition coefficient (Wildman–Crippen LogP) is 3.39. The Hall–Kier alpha value is -0.440. The van der Waals surface area contributed by atoms with Gasteiger partial charge < -0.3 is 14.7 Å². The molecular weight excluding hydrogens is 423 g/mol. The first-order valence-corrected chi connectivity index (χ1v) is 9.28. The van der Waals surface area contributed by atoms with Crippen LogP contribution in [0.15, 0.2) is 15.6 Å². The molecule has 1 saturated heterocycles. The summed E-state index contributed by atoms with van der Waals surface area (Å²) in [6.45, 7) is 12.3. The van der Waals surface area contributed by atoms with Gasteiger partial charge in [-0.05, 0) is 19.3 Å². The number of nitrogens with one attached hydrogen (secondary N) is 1. The van der Waals surface area contributed by atoms with Gasteiger partial charge in [0.1, 0.15) is 6.54 Å². The summed E-state index contributed by atoms with van der Waals surface area (Å²) in [6, 6.07) is 2.00. The van der Waals surface area contributed by atoms with Gasteiger partial charge in [-0.25, -0.2) is 4.99 Å². The zero-order valence-electron chi connectivity index (χ0n) is 14.5. The zero-order chi connectivity index (χ0) is 15.9. The van der Waals surface area contributed by atoms with Crippen molar-refractivity contribution in [3.63, 3.8) is 0 Å². The largest absolute Gasteiger partial charge is 0.359 e. The molecule has 5 nitrogen and oxygen atoms in total. The van der Waals surface area contributed by atoms with Gasteiger partial charge in [0.2, 0.25) is 0 Å². The second-order valence-corrected chi connectivity index (χ2v) is 7.25. The highest BCUT2D eigenvalue weighted by atomic mass is 127. The minimum atomic E-state index is 0. The van der Waals surface area contributed by atoms with E-state index in [1.807, 2.05) is 6.07 Å². The number of thioether (sulfide) groups is 1. The van der Waals surface area contributed by atoms with E-state index in [2.05, 4.69) is 54.8 Å². The van der Waals surface area contributed by atoms with E-state index in [0.717, 1.165) is 49.2 Å². The normalized spacial score (nSPS) is 18.9. The molecule has 1 aromatic rings. The maximum Gasteiger partial charge on any atom is 0.194 e.